The summed E-state index contributed by atoms with van der Waals surface area (Å²) in [7, 11) is 0. The molecule has 112 valence electrons. The van der Waals surface area contributed by atoms with Crippen molar-refractivity contribution in [1.29, 1.82) is 0 Å². The molecule has 2 unspecified atom stereocenters. The van der Waals surface area contributed by atoms with Crippen LogP contribution in [-0.2, 0) is 5.41 Å². The van der Waals surface area contributed by atoms with Crippen molar-refractivity contribution in [1.82, 2.24) is 10.1 Å². The molecule has 1 heterocycles. The summed E-state index contributed by atoms with van der Waals surface area (Å²) in [5.74, 6) is 1.57. The first-order valence-electron chi connectivity index (χ1n) is 7.79. The molecule has 1 aromatic heterocycles. The summed E-state index contributed by atoms with van der Waals surface area (Å²) in [6.07, 6.45) is 4.59. The molecule has 1 aliphatic rings. The number of nitrogens with two attached hydrogens (primary N) is 1. The zero-order valence-corrected chi connectivity index (χ0v) is 12.7. The fourth-order valence-electron chi connectivity index (χ4n) is 3.22. The molecule has 0 spiro atoms. The van der Waals surface area contributed by atoms with E-state index in [9.17, 15) is 0 Å². The normalized spacial score (nSPS) is 20.3. The van der Waals surface area contributed by atoms with Crippen molar-refractivity contribution in [2.75, 3.05) is 0 Å². The molecule has 2 aromatic rings. The van der Waals surface area contributed by atoms with Crippen molar-refractivity contribution in [3.05, 3.63) is 47.6 Å². The Hall–Kier alpha value is -1.68. The van der Waals surface area contributed by atoms with Crippen LogP contribution in [0, 0.1) is 0 Å². The molecule has 0 bridgehead atoms. The predicted molar refractivity (Wildman–Crippen MR) is 82.1 cm³/mol. The van der Waals surface area contributed by atoms with E-state index in [4.69, 9.17) is 15.2 Å². The molecule has 1 aliphatic carbocycles. The topological polar surface area (TPSA) is 64.9 Å². The quantitative estimate of drug-likeness (QED) is 0.935. The van der Waals surface area contributed by atoms with Crippen LogP contribution < -0.4 is 5.73 Å². The summed E-state index contributed by atoms with van der Waals surface area (Å²) in [6, 6.07) is 10.6. The second kappa shape index (κ2) is 5.60. The van der Waals surface area contributed by atoms with Gasteiger partial charge < -0.3 is 10.3 Å². The van der Waals surface area contributed by atoms with Crippen LogP contribution in [0.15, 0.2) is 34.9 Å². The third-order valence-corrected chi connectivity index (χ3v) is 4.83. The van der Waals surface area contributed by atoms with Crippen LogP contribution >= 0.6 is 0 Å². The van der Waals surface area contributed by atoms with Gasteiger partial charge in [0, 0.05) is 6.04 Å². The maximum Gasteiger partial charge on any atom is 0.231 e. The van der Waals surface area contributed by atoms with Gasteiger partial charge in [0.25, 0.3) is 0 Å². The van der Waals surface area contributed by atoms with E-state index >= 15 is 0 Å². The van der Waals surface area contributed by atoms with E-state index < -0.39 is 0 Å². The summed E-state index contributed by atoms with van der Waals surface area (Å²) in [5, 5.41) is 4.31. The highest BCUT2D eigenvalue weighted by atomic mass is 16.5. The highest BCUT2D eigenvalue weighted by Crippen LogP contribution is 2.45. The average molecular weight is 285 g/mol. The Kier molecular flexibility index (Phi) is 3.81. The highest BCUT2D eigenvalue weighted by molar-refractivity contribution is 5.33. The maximum absolute atomic E-state index is 5.95. The number of rotatable bonds is 4. The minimum atomic E-state index is -0.0828. The van der Waals surface area contributed by atoms with Gasteiger partial charge in [-0.15, -0.1) is 0 Å². The lowest BCUT2D eigenvalue weighted by atomic mass is 9.78. The molecule has 0 radical (unpaired) electrons. The molecule has 1 saturated carbocycles. The summed E-state index contributed by atoms with van der Waals surface area (Å²) in [4.78, 5) is 4.70. The van der Waals surface area contributed by atoms with Crippen LogP contribution in [0.4, 0.5) is 0 Å². The van der Waals surface area contributed by atoms with Crippen LogP contribution in [0.3, 0.4) is 0 Å². The highest BCUT2D eigenvalue weighted by Gasteiger charge is 2.41. The zero-order chi connectivity index (χ0) is 14.9. The van der Waals surface area contributed by atoms with Crippen LogP contribution in [0.25, 0.3) is 0 Å². The Morgan fingerprint density at radius 3 is 2.43 bits per heavy atom. The third kappa shape index (κ3) is 2.48. The largest absolute Gasteiger partial charge is 0.339 e. The molecule has 3 rings (SSSR count). The predicted octanol–water partition coefficient (Wildman–Crippen LogP) is 3.38. The molecule has 4 heteroatoms. The molecule has 2 N–H and O–H groups in total. The molecule has 1 fully saturated rings. The van der Waals surface area contributed by atoms with Crippen LogP contribution in [-0.4, -0.2) is 16.2 Å². The van der Waals surface area contributed by atoms with Gasteiger partial charge in [-0.1, -0.05) is 55.3 Å². The van der Waals surface area contributed by atoms with E-state index in [2.05, 4.69) is 29.4 Å². The van der Waals surface area contributed by atoms with Crippen molar-refractivity contribution in [2.24, 2.45) is 5.73 Å². The molecule has 2 atom stereocenters. The van der Waals surface area contributed by atoms with E-state index in [-0.39, 0.29) is 17.4 Å². The minimum Gasteiger partial charge on any atom is -0.339 e. The Morgan fingerprint density at radius 1 is 1.14 bits per heavy atom. The van der Waals surface area contributed by atoms with Crippen molar-refractivity contribution >= 4 is 0 Å². The molecular weight excluding hydrogens is 262 g/mol. The fourth-order valence-corrected chi connectivity index (χ4v) is 3.22. The molecule has 0 aliphatic heterocycles. The summed E-state index contributed by atoms with van der Waals surface area (Å²) in [5.41, 5.74) is 7.16. The van der Waals surface area contributed by atoms with E-state index in [1.165, 1.54) is 18.4 Å². The van der Waals surface area contributed by atoms with Gasteiger partial charge in [0.1, 0.15) is 0 Å². The lowest BCUT2D eigenvalue weighted by Crippen LogP contribution is -2.26. The SMILES string of the molecule is CC(N)C(C)c1nc(C2(c3ccccc3)CCCC2)no1. The first-order valence-corrected chi connectivity index (χ1v) is 7.79. The Morgan fingerprint density at radius 2 is 1.81 bits per heavy atom. The number of hydrogen-bond acceptors (Lipinski definition) is 4. The Labute approximate surface area is 125 Å². The second-order valence-electron chi connectivity index (χ2n) is 6.26. The number of aromatic nitrogens is 2. The summed E-state index contributed by atoms with van der Waals surface area (Å²) >= 11 is 0. The van der Waals surface area contributed by atoms with E-state index in [1.807, 2.05) is 19.9 Å². The first kappa shape index (κ1) is 14.3. The average Bonchev–Trinajstić information content (AvgIpc) is 3.17. The van der Waals surface area contributed by atoms with Gasteiger partial charge in [0.05, 0.1) is 11.3 Å². The van der Waals surface area contributed by atoms with Gasteiger partial charge in [0.15, 0.2) is 5.82 Å². The van der Waals surface area contributed by atoms with E-state index in [0.29, 0.717) is 5.89 Å². The van der Waals surface area contributed by atoms with Crippen LogP contribution in [0.1, 0.15) is 62.7 Å². The van der Waals surface area contributed by atoms with Crippen molar-refractivity contribution in [2.45, 2.75) is 56.9 Å². The molecule has 0 amide bonds. The molecule has 4 nitrogen and oxygen atoms in total. The third-order valence-electron chi connectivity index (χ3n) is 4.83. The Bertz CT molecular complexity index is 585. The standard InChI is InChI=1S/C17H23N3O/c1-12(13(2)18)15-19-16(20-21-15)17(10-6-7-11-17)14-8-4-3-5-9-14/h3-5,8-9,12-13H,6-7,10-11,18H2,1-2H3. The molecule has 0 saturated heterocycles. The monoisotopic (exact) mass is 285 g/mol. The van der Waals surface area contributed by atoms with Gasteiger partial charge in [-0.05, 0) is 25.3 Å². The van der Waals surface area contributed by atoms with Gasteiger partial charge in [0.2, 0.25) is 5.89 Å². The number of benzene rings is 1. The van der Waals surface area contributed by atoms with Crippen molar-refractivity contribution in [3.63, 3.8) is 0 Å². The molecular formula is C17H23N3O. The van der Waals surface area contributed by atoms with E-state index in [0.717, 1.165) is 18.7 Å². The number of nitrogens with zero attached hydrogens (tertiary/aromatic N) is 2. The maximum atomic E-state index is 5.95. The lowest BCUT2D eigenvalue weighted by Gasteiger charge is -2.25. The second-order valence-corrected chi connectivity index (χ2v) is 6.26. The van der Waals surface area contributed by atoms with Gasteiger partial charge >= 0.3 is 0 Å². The first-order chi connectivity index (χ1) is 10.1. The molecule has 21 heavy (non-hydrogen) atoms. The van der Waals surface area contributed by atoms with Crippen LogP contribution in [0.5, 0.6) is 0 Å². The van der Waals surface area contributed by atoms with Gasteiger partial charge in [-0.3, -0.25) is 0 Å². The fraction of sp³-hybridized carbons (Fsp3) is 0.529. The summed E-state index contributed by atoms with van der Waals surface area (Å²) in [6.45, 7) is 4.00. The van der Waals surface area contributed by atoms with Crippen molar-refractivity contribution < 1.29 is 4.52 Å². The lowest BCUT2D eigenvalue weighted by molar-refractivity contribution is 0.335. The van der Waals surface area contributed by atoms with Crippen molar-refractivity contribution in [3.8, 4) is 0 Å². The minimum absolute atomic E-state index is 0.00885. The molecule has 1 aromatic carbocycles. The van der Waals surface area contributed by atoms with Gasteiger partial charge in [-0.25, -0.2) is 0 Å². The zero-order valence-electron chi connectivity index (χ0n) is 12.7. The smallest absolute Gasteiger partial charge is 0.231 e. The Balaban J connectivity index is 1.99. The summed E-state index contributed by atoms with van der Waals surface area (Å²) < 4.78 is 5.51. The van der Waals surface area contributed by atoms with Crippen LogP contribution in [0.2, 0.25) is 0 Å². The van der Waals surface area contributed by atoms with E-state index in [1.54, 1.807) is 0 Å². The van der Waals surface area contributed by atoms with Gasteiger partial charge in [-0.2, -0.15) is 4.98 Å². The number of hydrogen-bond donors (Lipinski definition) is 1.